The molecule has 2 heterocycles. The molecule has 1 aromatic rings. The smallest absolute Gasteiger partial charge is 0.309 e. The van der Waals surface area contributed by atoms with Crippen LogP contribution in [0.3, 0.4) is 0 Å². The van der Waals surface area contributed by atoms with Crippen LogP contribution in [0.2, 0.25) is 0 Å². The minimum absolute atomic E-state index is 0.105. The summed E-state index contributed by atoms with van der Waals surface area (Å²) in [5, 5.41) is 16.7. The molecule has 106 valence electrons. The summed E-state index contributed by atoms with van der Waals surface area (Å²) < 4.78 is 0. The molecular formula is C12H14N4O4. The van der Waals surface area contributed by atoms with Gasteiger partial charge in [-0.05, 0) is 12.1 Å². The van der Waals surface area contributed by atoms with Gasteiger partial charge >= 0.3 is 5.97 Å². The molecule has 2 rings (SSSR count). The fourth-order valence-electron chi connectivity index (χ4n) is 1.74. The summed E-state index contributed by atoms with van der Waals surface area (Å²) in [6.45, 7) is 0.336. The van der Waals surface area contributed by atoms with Crippen LogP contribution in [0.4, 0.5) is 5.69 Å². The molecule has 2 amide bonds. The molecule has 20 heavy (non-hydrogen) atoms. The van der Waals surface area contributed by atoms with E-state index in [9.17, 15) is 14.4 Å². The number of anilines is 1. The van der Waals surface area contributed by atoms with E-state index in [-0.39, 0.29) is 31.3 Å². The van der Waals surface area contributed by atoms with E-state index in [2.05, 4.69) is 20.9 Å². The van der Waals surface area contributed by atoms with E-state index in [0.717, 1.165) is 0 Å². The highest BCUT2D eigenvalue weighted by molar-refractivity contribution is 5.96. The third-order valence-electron chi connectivity index (χ3n) is 2.75. The molecule has 1 saturated heterocycles. The number of amides is 2. The lowest BCUT2D eigenvalue weighted by Crippen LogP contribution is -2.56. The number of nitrogens with one attached hydrogen (secondary N) is 3. The van der Waals surface area contributed by atoms with Crippen molar-refractivity contribution < 1.29 is 19.5 Å². The number of pyridine rings is 1. The highest BCUT2D eigenvalue weighted by Crippen LogP contribution is 2.07. The number of aliphatic carboxylic acids is 1. The molecule has 0 aliphatic carbocycles. The van der Waals surface area contributed by atoms with Gasteiger partial charge in [-0.1, -0.05) is 0 Å². The predicted octanol–water partition coefficient (Wildman–Crippen LogP) is -1.26. The molecule has 0 radical (unpaired) electrons. The van der Waals surface area contributed by atoms with Crippen LogP contribution in [0.25, 0.3) is 0 Å². The Morgan fingerprint density at radius 1 is 1.45 bits per heavy atom. The fraction of sp³-hybridized carbons (Fsp3) is 0.333. The van der Waals surface area contributed by atoms with Crippen molar-refractivity contribution in [2.24, 2.45) is 0 Å². The molecule has 1 unspecified atom stereocenters. The van der Waals surface area contributed by atoms with Crippen LogP contribution in [0.15, 0.2) is 18.3 Å². The molecule has 1 fully saturated rings. The summed E-state index contributed by atoms with van der Waals surface area (Å²) in [5.74, 6) is -1.39. The van der Waals surface area contributed by atoms with Crippen LogP contribution in [0.1, 0.15) is 5.69 Å². The molecule has 1 aliphatic rings. The van der Waals surface area contributed by atoms with E-state index in [1.54, 1.807) is 12.1 Å². The van der Waals surface area contributed by atoms with Crippen molar-refractivity contribution in [3.63, 3.8) is 0 Å². The third-order valence-corrected chi connectivity index (χ3v) is 2.75. The second-order valence-electron chi connectivity index (χ2n) is 4.34. The fourth-order valence-corrected chi connectivity index (χ4v) is 1.74. The average molecular weight is 278 g/mol. The molecule has 0 saturated carbocycles. The Bertz CT molecular complexity index is 519. The lowest BCUT2D eigenvalue weighted by Gasteiger charge is -2.23. The van der Waals surface area contributed by atoms with Gasteiger partial charge in [-0.2, -0.15) is 0 Å². The van der Waals surface area contributed by atoms with Gasteiger partial charge in [0.25, 0.3) is 0 Å². The lowest BCUT2D eigenvalue weighted by molar-refractivity contribution is -0.136. The standard InChI is InChI=1S/C12H14N4O4/c17-10-6-14-9(5-15-10)12(20)16-8-2-1-7(13-4-8)3-11(18)19/h1-2,4,9,14H,3,5-6H2,(H,15,17)(H,16,20)(H,18,19). The summed E-state index contributed by atoms with van der Waals surface area (Å²) in [5.41, 5.74) is 0.890. The van der Waals surface area contributed by atoms with Gasteiger partial charge in [0.05, 0.1) is 30.5 Å². The normalized spacial score (nSPS) is 18.2. The van der Waals surface area contributed by atoms with Gasteiger partial charge in [-0.15, -0.1) is 0 Å². The summed E-state index contributed by atoms with van der Waals surface area (Å²) in [7, 11) is 0. The van der Waals surface area contributed by atoms with Crippen molar-refractivity contribution in [3.05, 3.63) is 24.0 Å². The van der Waals surface area contributed by atoms with Crippen LogP contribution in [-0.2, 0) is 20.8 Å². The number of hydrogen-bond acceptors (Lipinski definition) is 5. The lowest BCUT2D eigenvalue weighted by atomic mass is 10.2. The number of rotatable bonds is 4. The van der Waals surface area contributed by atoms with E-state index in [1.165, 1.54) is 6.20 Å². The first-order valence-corrected chi connectivity index (χ1v) is 6.02. The Hall–Kier alpha value is -2.48. The van der Waals surface area contributed by atoms with Crippen molar-refractivity contribution in [1.29, 1.82) is 0 Å². The largest absolute Gasteiger partial charge is 0.481 e. The summed E-state index contributed by atoms with van der Waals surface area (Å²) >= 11 is 0. The Kier molecular flexibility index (Phi) is 4.26. The molecular weight excluding hydrogens is 264 g/mol. The van der Waals surface area contributed by atoms with Gasteiger partial charge in [0.1, 0.15) is 6.04 Å². The second-order valence-corrected chi connectivity index (χ2v) is 4.34. The van der Waals surface area contributed by atoms with E-state index < -0.39 is 12.0 Å². The number of carbonyl (C=O) groups excluding carboxylic acids is 2. The molecule has 8 heteroatoms. The number of carboxylic acids is 1. The van der Waals surface area contributed by atoms with Crippen LogP contribution in [0.5, 0.6) is 0 Å². The maximum absolute atomic E-state index is 11.9. The van der Waals surface area contributed by atoms with Crippen molar-refractivity contribution in [2.45, 2.75) is 12.5 Å². The van der Waals surface area contributed by atoms with Crippen molar-refractivity contribution in [2.75, 3.05) is 18.4 Å². The molecule has 1 aromatic heterocycles. The highest BCUT2D eigenvalue weighted by atomic mass is 16.4. The Morgan fingerprint density at radius 3 is 2.80 bits per heavy atom. The van der Waals surface area contributed by atoms with E-state index in [0.29, 0.717) is 11.4 Å². The third kappa shape index (κ3) is 3.75. The van der Waals surface area contributed by atoms with Crippen LogP contribution in [-0.4, -0.2) is 47.0 Å². The molecule has 8 nitrogen and oxygen atoms in total. The van der Waals surface area contributed by atoms with E-state index >= 15 is 0 Å². The summed E-state index contributed by atoms with van der Waals surface area (Å²) in [4.78, 5) is 37.3. The van der Waals surface area contributed by atoms with E-state index in [4.69, 9.17) is 5.11 Å². The summed E-state index contributed by atoms with van der Waals surface area (Å²) in [6, 6.07) is 2.64. The zero-order chi connectivity index (χ0) is 14.5. The minimum Gasteiger partial charge on any atom is -0.481 e. The molecule has 0 aromatic carbocycles. The first-order chi connectivity index (χ1) is 9.54. The Labute approximate surface area is 114 Å². The molecule has 0 bridgehead atoms. The quantitative estimate of drug-likeness (QED) is 0.545. The molecule has 1 atom stereocenters. The first kappa shape index (κ1) is 13.9. The SMILES string of the molecule is O=C(O)Cc1ccc(NC(=O)C2CNC(=O)CN2)cn1. The maximum Gasteiger partial charge on any atom is 0.309 e. The van der Waals surface area contributed by atoms with Crippen LogP contribution < -0.4 is 16.0 Å². The topological polar surface area (TPSA) is 120 Å². The monoisotopic (exact) mass is 278 g/mol. The maximum atomic E-state index is 11.9. The second kappa shape index (κ2) is 6.11. The number of hydrogen-bond donors (Lipinski definition) is 4. The highest BCUT2D eigenvalue weighted by Gasteiger charge is 2.23. The van der Waals surface area contributed by atoms with E-state index in [1.807, 2.05) is 0 Å². The zero-order valence-electron chi connectivity index (χ0n) is 10.5. The molecule has 4 N–H and O–H groups in total. The summed E-state index contributed by atoms with van der Waals surface area (Å²) in [6.07, 6.45) is 1.24. The van der Waals surface area contributed by atoms with Crippen LogP contribution >= 0.6 is 0 Å². The number of carbonyl (C=O) groups is 3. The molecule has 1 aliphatic heterocycles. The van der Waals surface area contributed by atoms with Crippen molar-refractivity contribution >= 4 is 23.5 Å². The van der Waals surface area contributed by atoms with Gasteiger partial charge in [-0.3, -0.25) is 24.7 Å². The van der Waals surface area contributed by atoms with Crippen molar-refractivity contribution in [3.8, 4) is 0 Å². The zero-order valence-corrected chi connectivity index (χ0v) is 10.5. The van der Waals surface area contributed by atoms with Gasteiger partial charge in [0.15, 0.2) is 0 Å². The number of nitrogens with zero attached hydrogens (tertiary/aromatic N) is 1. The predicted molar refractivity (Wildman–Crippen MR) is 69.0 cm³/mol. The Balaban J connectivity index is 1.91. The van der Waals surface area contributed by atoms with Crippen LogP contribution in [0, 0.1) is 0 Å². The van der Waals surface area contributed by atoms with Crippen molar-refractivity contribution in [1.82, 2.24) is 15.6 Å². The first-order valence-electron chi connectivity index (χ1n) is 6.02. The van der Waals surface area contributed by atoms with Gasteiger partial charge < -0.3 is 15.7 Å². The van der Waals surface area contributed by atoms with Gasteiger partial charge in [0, 0.05) is 6.54 Å². The molecule has 0 spiro atoms. The number of piperazine rings is 1. The number of aromatic nitrogens is 1. The van der Waals surface area contributed by atoms with Gasteiger partial charge in [-0.25, -0.2) is 0 Å². The number of carboxylic acid groups (broad SMARTS) is 1. The Morgan fingerprint density at radius 2 is 2.25 bits per heavy atom. The average Bonchev–Trinajstić information content (AvgIpc) is 2.41. The van der Waals surface area contributed by atoms with Gasteiger partial charge in [0.2, 0.25) is 11.8 Å². The minimum atomic E-state index is -0.962.